The first-order valence-corrected chi connectivity index (χ1v) is 25.9. The van der Waals surface area contributed by atoms with Gasteiger partial charge in [-0.2, -0.15) is 0 Å². The van der Waals surface area contributed by atoms with E-state index in [-0.39, 0.29) is 0 Å². The third-order valence-corrected chi connectivity index (χ3v) is 10.9. The van der Waals surface area contributed by atoms with Crippen molar-refractivity contribution in [2.75, 3.05) is 53.9 Å². The van der Waals surface area contributed by atoms with Gasteiger partial charge in [-0.3, -0.25) is 0 Å². The number of hydrogen-bond acceptors (Lipinski definition) is 8. The molecule has 0 saturated carbocycles. The van der Waals surface area contributed by atoms with Crippen molar-refractivity contribution < 1.29 is 37.9 Å². The summed E-state index contributed by atoms with van der Waals surface area (Å²) in [4.78, 5) is 0. The summed E-state index contributed by atoms with van der Waals surface area (Å²) >= 11 is 0. The summed E-state index contributed by atoms with van der Waals surface area (Å²) in [5.41, 5.74) is 4.79. The Kier molecular flexibility index (Phi) is 33.5. The van der Waals surface area contributed by atoms with E-state index in [0.29, 0.717) is 23.7 Å². The molecule has 0 amide bonds. The second-order valence-corrected chi connectivity index (χ2v) is 19.1. The molecule has 0 spiro atoms. The Bertz CT molecular complexity index is 1870. The average molecular weight is 945 g/mol. The minimum Gasteiger partial charge on any atom is -0.493 e. The zero-order chi connectivity index (χ0) is 50.7. The molecular formula is C60H96O8. The first kappa shape index (κ1) is 61.3. The minimum absolute atomic E-state index is 0.522. The van der Waals surface area contributed by atoms with Crippen molar-refractivity contribution in [2.24, 2.45) is 23.7 Å². The van der Waals surface area contributed by atoms with Gasteiger partial charge < -0.3 is 37.9 Å². The normalized spacial score (nSPS) is 11.4. The lowest BCUT2D eigenvalue weighted by molar-refractivity contribution is 0.217. The maximum atomic E-state index is 5.92. The van der Waals surface area contributed by atoms with Crippen LogP contribution in [0.2, 0.25) is 0 Å². The summed E-state index contributed by atoms with van der Waals surface area (Å²) in [6.07, 6.45) is 12.1. The van der Waals surface area contributed by atoms with E-state index < -0.39 is 0 Å². The molecule has 8 heteroatoms. The number of hydrogen-bond donors (Lipinski definition) is 0. The molecule has 0 fully saturated rings. The van der Waals surface area contributed by atoms with E-state index in [1.807, 2.05) is 49.4 Å². The maximum Gasteiger partial charge on any atom is 0.161 e. The molecule has 0 N–H and O–H groups in total. The Balaban J connectivity index is 0.000000463. The van der Waals surface area contributed by atoms with E-state index in [2.05, 4.69) is 120 Å². The van der Waals surface area contributed by atoms with Crippen LogP contribution in [-0.2, 0) is 0 Å². The van der Waals surface area contributed by atoms with Crippen LogP contribution >= 0.6 is 0 Å². The lowest BCUT2D eigenvalue weighted by atomic mass is 10.1. The Morgan fingerprint density at radius 3 is 1.01 bits per heavy atom. The lowest BCUT2D eigenvalue weighted by Gasteiger charge is -2.17. The summed E-state index contributed by atoms with van der Waals surface area (Å²) < 4.78 is 45.3. The zero-order valence-corrected chi connectivity index (χ0v) is 45.8. The minimum atomic E-state index is 0.522. The molecule has 0 heterocycles. The summed E-state index contributed by atoms with van der Waals surface area (Å²) in [6.45, 7) is 34.6. The highest BCUT2D eigenvalue weighted by atomic mass is 16.5. The fraction of sp³-hybridized carbons (Fsp3) is 0.600. The van der Waals surface area contributed by atoms with Crippen LogP contribution in [0.1, 0.15) is 156 Å². The van der Waals surface area contributed by atoms with E-state index in [1.165, 1.54) is 60.8 Å². The maximum absolute atomic E-state index is 5.92. The molecule has 4 rings (SSSR count). The number of aryl methyl sites for hydroxylation is 4. The van der Waals surface area contributed by atoms with Gasteiger partial charge in [0.05, 0.1) is 53.9 Å². The van der Waals surface area contributed by atoms with Crippen LogP contribution in [0.3, 0.4) is 0 Å². The fourth-order valence-electron chi connectivity index (χ4n) is 6.12. The molecule has 8 nitrogen and oxygen atoms in total. The molecule has 68 heavy (non-hydrogen) atoms. The van der Waals surface area contributed by atoms with Gasteiger partial charge >= 0.3 is 0 Å². The van der Waals surface area contributed by atoms with Crippen molar-refractivity contribution >= 4 is 0 Å². The molecule has 2 unspecified atom stereocenters. The van der Waals surface area contributed by atoms with Gasteiger partial charge in [0.15, 0.2) is 46.0 Å². The van der Waals surface area contributed by atoms with Crippen LogP contribution in [0.15, 0.2) is 72.8 Å². The molecule has 0 aromatic heterocycles. The molecule has 0 saturated heterocycles. The smallest absolute Gasteiger partial charge is 0.161 e. The Morgan fingerprint density at radius 1 is 0.338 bits per heavy atom. The quantitative estimate of drug-likeness (QED) is 0.0522. The van der Waals surface area contributed by atoms with Crippen molar-refractivity contribution in [3.8, 4) is 46.0 Å². The molecule has 0 bridgehead atoms. The first-order valence-electron chi connectivity index (χ1n) is 25.9. The second kappa shape index (κ2) is 37.2. The van der Waals surface area contributed by atoms with Gasteiger partial charge in [0.1, 0.15) is 0 Å². The lowest BCUT2D eigenvalue weighted by Crippen LogP contribution is -2.11. The third-order valence-electron chi connectivity index (χ3n) is 10.9. The highest BCUT2D eigenvalue weighted by molar-refractivity contribution is 5.45. The van der Waals surface area contributed by atoms with Gasteiger partial charge in [-0.15, -0.1) is 0 Å². The number of unbranched alkanes of at least 4 members (excludes halogenated alkanes) is 6. The molecule has 4 aromatic rings. The molecule has 0 aliphatic carbocycles. The predicted molar refractivity (Wildman–Crippen MR) is 288 cm³/mol. The van der Waals surface area contributed by atoms with E-state index in [9.17, 15) is 0 Å². The number of ether oxygens (including phenoxy) is 8. The van der Waals surface area contributed by atoms with Gasteiger partial charge in [-0.05, 0) is 135 Å². The monoisotopic (exact) mass is 945 g/mol. The van der Waals surface area contributed by atoms with Gasteiger partial charge in [-0.1, -0.05) is 145 Å². The standard InChI is InChI=1S/C19H32O2.C17H28O2.C15H24O2.C9H12O2/c1-4-6-8-10-14-20-18-13-12-17(3)16-19(18)21-15-11-9-7-5-2;1-6-13(3)11-18-16-9-8-15(5)10-17(16)19-12-14(4)7-2;1-11(2)9-16-14-7-6-13(5)8-15(14)17-10-12(3)4;1-7-4-5-8(10-2)9(6-7)11-3/h12-13,16H,4-11,14-15H2,1-3H3;8-10,13-14H,6-7,11-12H2,1-5H3;6-8,11-12H,9-10H2,1-5H3;4-6H,1-3H3. The summed E-state index contributed by atoms with van der Waals surface area (Å²) in [5.74, 6) is 9.01. The topological polar surface area (TPSA) is 73.8 Å². The van der Waals surface area contributed by atoms with Gasteiger partial charge in [0, 0.05) is 0 Å². The number of benzene rings is 4. The van der Waals surface area contributed by atoms with Crippen LogP contribution < -0.4 is 37.9 Å². The van der Waals surface area contributed by atoms with Gasteiger partial charge in [0.25, 0.3) is 0 Å². The molecule has 0 aliphatic heterocycles. The summed E-state index contributed by atoms with van der Waals surface area (Å²) in [7, 11) is 3.27. The van der Waals surface area contributed by atoms with Crippen LogP contribution in [0, 0.1) is 51.4 Å². The Hall–Kier alpha value is -4.72. The molecular weight excluding hydrogens is 849 g/mol. The van der Waals surface area contributed by atoms with Crippen molar-refractivity contribution in [1.29, 1.82) is 0 Å². The molecule has 0 aliphatic rings. The van der Waals surface area contributed by atoms with Crippen LogP contribution in [0.5, 0.6) is 46.0 Å². The van der Waals surface area contributed by atoms with E-state index in [4.69, 9.17) is 37.9 Å². The molecule has 384 valence electrons. The SMILES string of the molecule is CCC(C)COc1ccc(C)cc1OCC(C)CC.CCCCCCOc1ccc(C)cc1OCCCCCC.COc1ccc(C)cc1OC.Cc1ccc(OCC(C)C)c(OCC(C)C)c1. The van der Waals surface area contributed by atoms with Crippen molar-refractivity contribution in [3.05, 3.63) is 95.1 Å². The average Bonchev–Trinajstić information content (AvgIpc) is 3.32. The third kappa shape index (κ3) is 27.9. The number of methoxy groups -OCH3 is 2. The summed E-state index contributed by atoms with van der Waals surface area (Å²) in [6, 6.07) is 24.3. The molecule has 2 atom stereocenters. The Morgan fingerprint density at radius 2 is 0.647 bits per heavy atom. The fourth-order valence-corrected chi connectivity index (χ4v) is 6.12. The van der Waals surface area contributed by atoms with Crippen LogP contribution in [-0.4, -0.2) is 53.9 Å². The molecule has 4 aromatic carbocycles. The van der Waals surface area contributed by atoms with Crippen LogP contribution in [0.4, 0.5) is 0 Å². The molecule has 0 radical (unpaired) electrons. The van der Waals surface area contributed by atoms with Crippen molar-refractivity contribution in [3.63, 3.8) is 0 Å². The van der Waals surface area contributed by atoms with Crippen LogP contribution in [0.25, 0.3) is 0 Å². The zero-order valence-electron chi connectivity index (χ0n) is 45.8. The summed E-state index contributed by atoms with van der Waals surface area (Å²) in [5, 5.41) is 0. The highest BCUT2D eigenvalue weighted by Crippen LogP contribution is 2.32. The van der Waals surface area contributed by atoms with E-state index >= 15 is 0 Å². The Labute approximate surface area is 416 Å². The first-order chi connectivity index (χ1) is 32.6. The second-order valence-electron chi connectivity index (χ2n) is 19.1. The predicted octanol–water partition coefficient (Wildman–Crippen LogP) is 16.8. The van der Waals surface area contributed by atoms with E-state index in [1.54, 1.807) is 14.2 Å². The van der Waals surface area contributed by atoms with Crippen molar-refractivity contribution in [2.45, 2.75) is 161 Å². The van der Waals surface area contributed by atoms with Gasteiger partial charge in [0.2, 0.25) is 0 Å². The van der Waals surface area contributed by atoms with Crippen molar-refractivity contribution in [1.82, 2.24) is 0 Å². The van der Waals surface area contributed by atoms with E-state index in [0.717, 1.165) is 111 Å². The largest absolute Gasteiger partial charge is 0.493 e. The number of rotatable bonds is 28. The van der Waals surface area contributed by atoms with Gasteiger partial charge in [-0.25, -0.2) is 0 Å². The highest BCUT2D eigenvalue weighted by Gasteiger charge is 2.11.